The molecule has 0 amide bonds. The Morgan fingerprint density at radius 2 is 2.17 bits per heavy atom. The Bertz CT molecular complexity index is 64.6. The fourth-order valence-corrected chi connectivity index (χ4v) is 0. The maximum Gasteiger partial charge on any atom is 0.263 e. The smallest absolute Gasteiger partial charge is 0.263 e. The molecule has 6 heavy (non-hydrogen) atoms. The summed E-state index contributed by atoms with van der Waals surface area (Å²) in [6.45, 7) is 0. The molecule has 0 radical (unpaired) electrons. The molecule has 0 spiro atoms. The normalized spacial score (nSPS) is 15.3. The molecule has 0 aromatic rings. The minimum atomic E-state index is -2.45. The first-order valence-electron chi connectivity index (χ1n) is 1.15. The average molecular weight is 113 g/mol. The first-order valence-corrected chi connectivity index (χ1v) is 2.21. The summed E-state index contributed by atoms with van der Waals surface area (Å²) >= 11 is -2.45. The van der Waals surface area contributed by atoms with Crippen LogP contribution in [0, 0.1) is 0 Å². The van der Waals surface area contributed by atoms with Crippen molar-refractivity contribution in [3.05, 3.63) is 0 Å². The van der Waals surface area contributed by atoms with E-state index in [1.807, 2.05) is 0 Å². The molecule has 5 heteroatoms. The molecule has 0 aromatic heterocycles. The summed E-state index contributed by atoms with van der Waals surface area (Å²) in [6.07, 6.45) is 0. The summed E-state index contributed by atoms with van der Waals surface area (Å²) in [5.74, 6) is 0. The van der Waals surface area contributed by atoms with Gasteiger partial charge < -0.3 is 0 Å². The van der Waals surface area contributed by atoms with Gasteiger partial charge in [-0.15, -0.1) is 4.48 Å². The van der Waals surface area contributed by atoms with Crippen LogP contribution in [-0.2, 0) is 11.3 Å². The predicted octanol–water partition coefficient (Wildman–Crippen LogP) is -0.0606. The molecular formula is CH4FNO2S. The van der Waals surface area contributed by atoms with Crippen LogP contribution in [0.3, 0.4) is 0 Å². The third-order valence-electron chi connectivity index (χ3n) is 0.215. The van der Waals surface area contributed by atoms with Crippen molar-refractivity contribution in [2.45, 2.75) is 0 Å². The molecule has 0 aliphatic heterocycles. The van der Waals surface area contributed by atoms with Gasteiger partial charge in [0.05, 0.1) is 0 Å². The van der Waals surface area contributed by atoms with Crippen LogP contribution in [0.5, 0.6) is 0 Å². The van der Waals surface area contributed by atoms with Crippen molar-refractivity contribution < 1.29 is 13.2 Å². The van der Waals surface area contributed by atoms with Crippen molar-refractivity contribution >= 4 is 11.3 Å². The highest BCUT2D eigenvalue weighted by Gasteiger charge is 1.95. The zero-order valence-corrected chi connectivity index (χ0v) is 3.91. The SMILES string of the molecule is CN(F)S(=O)O. The first-order chi connectivity index (χ1) is 2.64. The van der Waals surface area contributed by atoms with Crippen molar-refractivity contribution in [1.29, 1.82) is 0 Å². The first kappa shape index (κ1) is 6.00. The van der Waals surface area contributed by atoms with Gasteiger partial charge in [0.15, 0.2) is 0 Å². The molecule has 1 atom stereocenters. The fourth-order valence-electron chi connectivity index (χ4n) is 0. The minimum absolute atomic E-state index is 0.306. The van der Waals surface area contributed by atoms with E-state index in [2.05, 4.69) is 0 Å². The van der Waals surface area contributed by atoms with E-state index in [1.54, 1.807) is 0 Å². The van der Waals surface area contributed by atoms with E-state index in [1.165, 1.54) is 0 Å². The molecule has 38 valence electrons. The van der Waals surface area contributed by atoms with E-state index < -0.39 is 11.3 Å². The Balaban J connectivity index is 3.26. The molecule has 0 rings (SSSR count). The summed E-state index contributed by atoms with van der Waals surface area (Å²) in [5.41, 5.74) is 0. The second-order valence-corrected chi connectivity index (χ2v) is 1.62. The van der Waals surface area contributed by atoms with Gasteiger partial charge in [0.1, 0.15) is 0 Å². The second kappa shape index (κ2) is 2.22. The van der Waals surface area contributed by atoms with Gasteiger partial charge in [-0.3, -0.25) is 4.55 Å². The number of nitrogens with zero attached hydrogens (tertiary/aromatic N) is 1. The Morgan fingerprint density at radius 3 is 2.17 bits per heavy atom. The number of hydrogen-bond donors (Lipinski definition) is 1. The fraction of sp³-hybridized carbons (Fsp3) is 1.00. The van der Waals surface area contributed by atoms with Crippen LogP contribution < -0.4 is 0 Å². The molecule has 0 bridgehead atoms. The van der Waals surface area contributed by atoms with Crippen molar-refractivity contribution in [3.63, 3.8) is 0 Å². The third kappa shape index (κ3) is 2.25. The van der Waals surface area contributed by atoms with E-state index in [-0.39, 0.29) is 4.53 Å². The second-order valence-electron chi connectivity index (χ2n) is 0.651. The monoisotopic (exact) mass is 113 g/mol. The number of halogens is 1. The lowest BCUT2D eigenvalue weighted by Crippen LogP contribution is -2.07. The highest BCUT2D eigenvalue weighted by Crippen LogP contribution is 1.81. The van der Waals surface area contributed by atoms with E-state index in [0.717, 1.165) is 7.05 Å². The number of hydrogen-bond acceptors (Lipinski definition) is 1. The molecule has 0 aromatic carbocycles. The van der Waals surface area contributed by atoms with Crippen molar-refractivity contribution in [2.24, 2.45) is 0 Å². The molecule has 1 N–H and O–H groups in total. The van der Waals surface area contributed by atoms with E-state index in [0.29, 0.717) is 0 Å². The van der Waals surface area contributed by atoms with Gasteiger partial charge in [-0.2, -0.15) is 0 Å². The largest absolute Gasteiger partial charge is 0.292 e. The minimum Gasteiger partial charge on any atom is -0.292 e. The van der Waals surface area contributed by atoms with Gasteiger partial charge in [0, 0.05) is 7.05 Å². The molecule has 1 unspecified atom stereocenters. The quantitative estimate of drug-likeness (QED) is 0.382. The summed E-state index contributed by atoms with van der Waals surface area (Å²) in [6, 6.07) is 0. The standard InChI is InChI=1S/CH4FNO2S/c1-3(2)6(4)5/h1H3,(H,4,5). The van der Waals surface area contributed by atoms with Gasteiger partial charge >= 0.3 is 0 Å². The summed E-state index contributed by atoms with van der Waals surface area (Å²) in [7, 11) is 0.857. The molecule has 0 heterocycles. The molecule has 0 aliphatic carbocycles. The Morgan fingerprint density at radius 1 is 2.00 bits per heavy atom. The Kier molecular flexibility index (Phi) is 2.22. The Hall–Kier alpha value is -0.0000000000000000486. The zero-order valence-electron chi connectivity index (χ0n) is 3.09. The Labute approximate surface area is 37.1 Å². The van der Waals surface area contributed by atoms with Crippen LogP contribution in [-0.4, -0.2) is 20.3 Å². The number of rotatable bonds is 1. The van der Waals surface area contributed by atoms with E-state index in [4.69, 9.17) is 4.55 Å². The highest BCUT2D eigenvalue weighted by molar-refractivity contribution is 7.76. The van der Waals surface area contributed by atoms with Crippen LogP contribution in [0.4, 0.5) is 4.48 Å². The van der Waals surface area contributed by atoms with Crippen molar-refractivity contribution in [1.82, 2.24) is 4.53 Å². The van der Waals surface area contributed by atoms with Gasteiger partial charge in [-0.25, -0.2) is 4.21 Å². The highest BCUT2D eigenvalue weighted by atomic mass is 32.2. The zero-order chi connectivity index (χ0) is 5.15. The third-order valence-corrected chi connectivity index (χ3v) is 0.646. The van der Waals surface area contributed by atoms with Crippen LogP contribution in [0.1, 0.15) is 0 Å². The lowest BCUT2D eigenvalue weighted by Gasteiger charge is -1.91. The summed E-state index contributed by atoms with van der Waals surface area (Å²) in [4.78, 5) is 0. The van der Waals surface area contributed by atoms with Gasteiger partial charge in [-0.1, -0.05) is 0 Å². The summed E-state index contributed by atoms with van der Waals surface area (Å²) < 4.78 is 27.8. The van der Waals surface area contributed by atoms with Crippen molar-refractivity contribution in [3.8, 4) is 0 Å². The molecule has 0 aliphatic rings. The maximum atomic E-state index is 11.1. The van der Waals surface area contributed by atoms with Crippen LogP contribution in [0.25, 0.3) is 0 Å². The summed E-state index contributed by atoms with van der Waals surface area (Å²) in [5, 5.41) is 0. The lowest BCUT2D eigenvalue weighted by molar-refractivity contribution is 0.174. The van der Waals surface area contributed by atoms with E-state index >= 15 is 0 Å². The molecule has 3 nitrogen and oxygen atoms in total. The van der Waals surface area contributed by atoms with Crippen LogP contribution in [0.2, 0.25) is 0 Å². The molecule has 0 saturated carbocycles. The molecule has 0 fully saturated rings. The lowest BCUT2D eigenvalue weighted by atomic mass is 11.6. The van der Waals surface area contributed by atoms with Gasteiger partial charge in [0.2, 0.25) is 0 Å². The maximum absolute atomic E-state index is 11.1. The topological polar surface area (TPSA) is 40.5 Å². The van der Waals surface area contributed by atoms with Crippen LogP contribution >= 0.6 is 0 Å². The van der Waals surface area contributed by atoms with Crippen LogP contribution in [0.15, 0.2) is 0 Å². The van der Waals surface area contributed by atoms with Gasteiger partial charge in [-0.05, 0) is 4.53 Å². The van der Waals surface area contributed by atoms with Gasteiger partial charge in [0.25, 0.3) is 11.3 Å². The van der Waals surface area contributed by atoms with E-state index in [9.17, 15) is 8.69 Å². The molecule has 0 saturated heterocycles. The predicted molar refractivity (Wildman–Crippen MR) is 19.6 cm³/mol. The molecular weight excluding hydrogens is 109 g/mol. The van der Waals surface area contributed by atoms with Crippen molar-refractivity contribution in [2.75, 3.05) is 7.05 Å². The average Bonchev–Trinajstić information content (AvgIpc) is 1.36.